The van der Waals surface area contributed by atoms with E-state index in [1.165, 1.54) is 57.8 Å². The predicted octanol–water partition coefficient (Wildman–Crippen LogP) is 7.24. The minimum Gasteiger partial charge on any atom is -0.347 e. The number of ether oxygens (including phenoxy) is 2. The molecule has 6 rings (SSSR count). The van der Waals surface area contributed by atoms with Crippen LogP contribution < -0.4 is 0 Å². The van der Waals surface area contributed by atoms with E-state index in [-0.39, 0.29) is 5.79 Å². The van der Waals surface area contributed by atoms with Crippen LogP contribution in [0.5, 0.6) is 0 Å². The first-order valence-corrected chi connectivity index (χ1v) is 13.7. The molecule has 0 radical (unpaired) electrons. The van der Waals surface area contributed by atoms with Gasteiger partial charge in [-0.2, -0.15) is 0 Å². The molecule has 1 saturated heterocycles. The predicted molar refractivity (Wildman–Crippen MR) is 125 cm³/mol. The van der Waals surface area contributed by atoms with Gasteiger partial charge in [0.15, 0.2) is 5.79 Å². The molecule has 6 aliphatic rings. The lowest BCUT2D eigenvalue weighted by atomic mass is 9.44. The van der Waals surface area contributed by atoms with Gasteiger partial charge in [-0.1, -0.05) is 46.8 Å². The molecule has 0 aromatic carbocycles. The quantitative estimate of drug-likeness (QED) is 0.441. The normalized spacial score (nSPS) is 52.9. The van der Waals surface area contributed by atoms with Gasteiger partial charge in [-0.25, -0.2) is 0 Å². The zero-order valence-corrected chi connectivity index (χ0v) is 20.8. The summed E-state index contributed by atoms with van der Waals surface area (Å²) in [6.45, 7) is 14.2. The monoisotopic (exact) mass is 426 g/mol. The van der Waals surface area contributed by atoms with E-state index in [1.54, 1.807) is 0 Å². The van der Waals surface area contributed by atoms with Crippen LogP contribution in [0, 0.1) is 57.7 Å². The Morgan fingerprint density at radius 2 is 1.68 bits per heavy atom. The molecule has 5 aliphatic carbocycles. The third-order valence-electron chi connectivity index (χ3n) is 12.1. The lowest BCUT2D eigenvalue weighted by molar-refractivity contribution is -0.294. The Balaban J connectivity index is 1.30. The largest absolute Gasteiger partial charge is 0.347 e. The topological polar surface area (TPSA) is 18.5 Å². The first-order chi connectivity index (χ1) is 14.8. The van der Waals surface area contributed by atoms with Gasteiger partial charge in [-0.05, 0) is 104 Å². The van der Waals surface area contributed by atoms with Crippen molar-refractivity contribution in [2.24, 2.45) is 57.7 Å². The molecule has 174 valence electrons. The molecule has 0 aromatic rings. The van der Waals surface area contributed by atoms with Gasteiger partial charge in [0.2, 0.25) is 0 Å². The summed E-state index contributed by atoms with van der Waals surface area (Å²) >= 11 is 0. The second-order valence-corrected chi connectivity index (χ2v) is 13.5. The standard InChI is InChI=1S/C29H46O2/c1-19(2)7-6-8-20(3)23-9-10-24-22-18-29(30-15-16-31-29)28-17-21(28)11-14-27(28,5)25(22)12-13-26(23,24)4/h6,8,19-25H,7,9-18H2,1-5H3/b8-6+/t20-,21-,22+,23-,24+,25+,26-,27-,28-/m1/s1. The highest BCUT2D eigenvalue weighted by molar-refractivity contribution is 5.29. The van der Waals surface area contributed by atoms with Gasteiger partial charge in [-0.3, -0.25) is 0 Å². The van der Waals surface area contributed by atoms with Gasteiger partial charge in [0.1, 0.15) is 0 Å². The third-order valence-corrected chi connectivity index (χ3v) is 12.1. The number of hydrogen-bond donors (Lipinski definition) is 0. The van der Waals surface area contributed by atoms with E-state index in [0.29, 0.717) is 22.2 Å². The molecule has 0 unspecified atom stereocenters. The molecule has 1 heterocycles. The van der Waals surface area contributed by atoms with E-state index in [2.05, 4.69) is 46.8 Å². The highest BCUT2D eigenvalue weighted by Gasteiger charge is 2.83. The molecule has 2 spiro atoms. The van der Waals surface area contributed by atoms with Gasteiger partial charge >= 0.3 is 0 Å². The summed E-state index contributed by atoms with van der Waals surface area (Å²) in [6, 6.07) is 0. The lowest BCUT2D eigenvalue weighted by Crippen LogP contribution is -2.62. The van der Waals surface area contributed by atoms with Crippen LogP contribution in [-0.2, 0) is 9.47 Å². The van der Waals surface area contributed by atoms with Crippen LogP contribution in [0.15, 0.2) is 12.2 Å². The summed E-state index contributed by atoms with van der Waals surface area (Å²) in [5.74, 6) is 5.56. The number of fused-ring (bicyclic) bond motifs is 4. The van der Waals surface area contributed by atoms with Gasteiger partial charge in [0.25, 0.3) is 0 Å². The molecule has 0 N–H and O–H groups in total. The summed E-state index contributed by atoms with van der Waals surface area (Å²) < 4.78 is 13.3. The maximum absolute atomic E-state index is 6.65. The fourth-order valence-electron chi connectivity index (χ4n) is 10.8. The fourth-order valence-corrected chi connectivity index (χ4v) is 10.8. The van der Waals surface area contributed by atoms with E-state index in [1.807, 2.05) is 0 Å². The maximum atomic E-state index is 6.65. The summed E-state index contributed by atoms with van der Waals surface area (Å²) in [5, 5.41) is 0. The molecule has 2 nitrogen and oxygen atoms in total. The lowest BCUT2D eigenvalue weighted by Gasteiger charge is -2.63. The molecule has 9 atom stereocenters. The van der Waals surface area contributed by atoms with Crippen molar-refractivity contribution in [3.05, 3.63) is 12.2 Å². The van der Waals surface area contributed by atoms with Crippen molar-refractivity contribution in [1.29, 1.82) is 0 Å². The van der Waals surface area contributed by atoms with Crippen LogP contribution in [0.1, 0.15) is 92.4 Å². The minimum absolute atomic E-state index is 0.233. The maximum Gasteiger partial charge on any atom is 0.175 e. The van der Waals surface area contributed by atoms with Crippen molar-refractivity contribution >= 4 is 0 Å². The minimum atomic E-state index is -0.233. The molecule has 31 heavy (non-hydrogen) atoms. The first-order valence-electron chi connectivity index (χ1n) is 13.7. The third kappa shape index (κ3) is 2.59. The highest BCUT2D eigenvalue weighted by atomic mass is 16.7. The van der Waals surface area contributed by atoms with Gasteiger partial charge < -0.3 is 9.47 Å². The molecule has 0 amide bonds. The van der Waals surface area contributed by atoms with Crippen molar-refractivity contribution in [3.63, 3.8) is 0 Å². The van der Waals surface area contributed by atoms with Crippen LogP contribution in [0.3, 0.4) is 0 Å². The summed E-state index contributed by atoms with van der Waals surface area (Å²) in [4.78, 5) is 0. The number of rotatable bonds is 4. The van der Waals surface area contributed by atoms with E-state index in [9.17, 15) is 0 Å². The summed E-state index contributed by atoms with van der Waals surface area (Å²) in [6.07, 6.45) is 17.5. The zero-order valence-electron chi connectivity index (χ0n) is 20.8. The van der Waals surface area contributed by atoms with Crippen molar-refractivity contribution in [3.8, 4) is 0 Å². The van der Waals surface area contributed by atoms with Crippen LogP contribution in [-0.4, -0.2) is 19.0 Å². The van der Waals surface area contributed by atoms with Crippen LogP contribution in [0.25, 0.3) is 0 Å². The van der Waals surface area contributed by atoms with Crippen LogP contribution >= 0.6 is 0 Å². The second kappa shape index (κ2) is 6.84. The molecule has 6 fully saturated rings. The van der Waals surface area contributed by atoms with E-state index in [4.69, 9.17) is 9.47 Å². The van der Waals surface area contributed by atoms with Gasteiger partial charge in [0.05, 0.1) is 13.2 Å². The molecule has 2 heteroatoms. The fraction of sp³-hybridized carbons (Fsp3) is 0.931. The van der Waals surface area contributed by atoms with Crippen molar-refractivity contribution in [1.82, 2.24) is 0 Å². The molecule has 0 bridgehead atoms. The molecule has 1 aliphatic heterocycles. The van der Waals surface area contributed by atoms with Crippen molar-refractivity contribution < 1.29 is 9.47 Å². The molecule has 5 saturated carbocycles. The molecular formula is C29H46O2. The Kier molecular flexibility index (Phi) is 4.68. The second-order valence-electron chi connectivity index (χ2n) is 13.5. The Hall–Kier alpha value is -0.340. The summed E-state index contributed by atoms with van der Waals surface area (Å²) in [7, 11) is 0. The van der Waals surface area contributed by atoms with E-state index < -0.39 is 0 Å². The highest BCUT2D eigenvalue weighted by Crippen LogP contribution is 2.85. The molecular weight excluding hydrogens is 380 g/mol. The van der Waals surface area contributed by atoms with Crippen molar-refractivity contribution in [2.45, 2.75) is 98.2 Å². The average Bonchev–Trinajstić information content (AvgIpc) is 2.98. The van der Waals surface area contributed by atoms with Crippen molar-refractivity contribution in [2.75, 3.05) is 13.2 Å². The van der Waals surface area contributed by atoms with Crippen LogP contribution in [0.2, 0.25) is 0 Å². The van der Waals surface area contributed by atoms with Crippen LogP contribution in [0.4, 0.5) is 0 Å². The number of hydrogen-bond acceptors (Lipinski definition) is 2. The van der Waals surface area contributed by atoms with E-state index >= 15 is 0 Å². The SMILES string of the molecule is CC(C)C/C=C/[C@@H](C)[C@H]1CC[C@H]2[C@@H]3CC4(OCCO4)[C@]45C[C@H]4CC[C@]5(C)[C@H]3CC[C@]12C. The average molecular weight is 427 g/mol. The van der Waals surface area contributed by atoms with E-state index in [0.717, 1.165) is 48.7 Å². The Labute approximate surface area is 190 Å². The zero-order chi connectivity index (χ0) is 21.6. The summed E-state index contributed by atoms with van der Waals surface area (Å²) in [5.41, 5.74) is 1.31. The Bertz CT molecular complexity index is 750. The first kappa shape index (κ1) is 21.2. The Morgan fingerprint density at radius 1 is 0.903 bits per heavy atom. The van der Waals surface area contributed by atoms with Gasteiger partial charge in [0, 0.05) is 11.8 Å². The number of allylic oxidation sites excluding steroid dienone is 2. The smallest absolute Gasteiger partial charge is 0.175 e. The molecule has 0 aromatic heterocycles. The van der Waals surface area contributed by atoms with Gasteiger partial charge in [-0.15, -0.1) is 0 Å². The Morgan fingerprint density at radius 3 is 2.39 bits per heavy atom.